The molecule has 0 aliphatic heterocycles. The number of rotatable bonds is 10. The Bertz CT molecular complexity index is 310. The van der Waals surface area contributed by atoms with Crippen LogP contribution in [0.5, 0.6) is 0 Å². The van der Waals surface area contributed by atoms with E-state index in [0.717, 1.165) is 37.5 Å². The van der Waals surface area contributed by atoms with Gasteiger partial charge in [0.05, 0.1) is 11.9 Å². The van der Waals surface area contributed by atoms with Crippen LogP contribution in [0.3, 0.4) is 0 Å². The van der Waals surface area contributed by atoms with Crippen molar-refractivity contribution in [1.82, 2.24) is 15.0 Å². The van der Waals surface area contributed by atoms with Crippen molar-refractivity contribution in [2.75, 3.05) is 5.75 Å². The molecular weight excluding hydrogens is 242 g/mol. The van der Waals surface area contributed by atoms with Crippen LogP contribution in [0.4, 0.5) is 0 Å². The monoisotopic (exact) mass is 269 g/mol. The van der Waals surface area contributed by atoms with Gasteiger partial charge in [-0.25, -0.2) is 4.68 Å². The summed E-state index contributed by atoms with van der Waals surface area (Å²) in [6.07, 6.45) is 10.6. The van der Waals surface area contributed by atoms with Crippen molar-refractivity contribution >= 4 is 12.6 Å². The highest BCUT2D eigenvalue weighted by Gasteiger charge is 2.03. The molecule has 0 atom stereocenters. The molecule has 4 heteroatoms. The standard InChI is InChI=1S/C14H27N3S/c1-13(2)8-4-3-5-9-14-12-15-16-17(14)10-6-7-11-18/h12-13,18H,3-11H2,1-2H3. The molecule has 0 aliphatic rings. The van der Waals surface area contributed by atoms with Gasteiger partial charge in [-0.2, -0.15) is 12.6 Å². The fourth-order valence-electron chi connectivity index (χ4n) is 2.07. The summed E-state index contributed by atoms with van der Waals surface area (Å²) in [4.78, 5) is 0. The second kappa shape index (κ2) is 9.42. The van der Waals surface area contributed by atoms with Crippen LogP contribution >= 0.6 is 12.6 Å². The molecule has 0 bridgehead atoms. The van der Waals surface area contributed by atoms with E-state index in [9.17, 15) is 0 Å². The van der Waals surface area contributed by atoms with Gasteiger partial charge in [-0.15, -0.1) is 5.10 Å². The van der Waals surface area contributed by atoms with Gasteiger partial charge in [-0.1, -0.05) is 38.3 Å². The summed E-state index contributed by atoms with van der Waals surface area (Å²) >= 11 is 4.23. The average Bonchev–Trinajstić information content (AvgIpc) is 2.76. The van der Waals surface area contributed by atoms with E-state index < -0.39 is 0 Å². The number of nitrogens with zero attached hydrogens (tertiary/aromatic N) is 3. The van der Waals surface area contributed by atoms with E-state index in [0.29, 0.717) is 0 Å². The van der Waals surface area contributed by atoms with E-state index in [1.807, 2.05) is 6.20 Å². The maximum atomic E-state index is 4.23. The Labute approximate surface area is 117 Å². The van der Waals surface area contributed by atoms with Gasteiger partial charge in [0.15, 0.2) is 0 Å². The fourth-order valence-corrected chi connectivity index (χ4v) is 2.29. The molecule has 3 nitrogen and oxygen atoms in total. The van der Waals surface area contributed by atoms with E-state index in [-0.39, 0.29) is 0 Å². The molecular formula is C14H27N3S. The molecule has 0 saturated carbocycles. The van der Waals surface area contributed by atoms with Crippen molar-refractivity contribution in [1.29, 1.82) is 0 Å². The van der Waals surface area contributed by atoms with Gasteiger partial charge < -0.3 is 0 Å². The van der Waals surface area contributed by atoms with Gasteiger partial charge >= 0.3 is 0 Å². The molecule has 0 aliphatic carbocycles. The van der Waals surface area contributed by atoms with Gasteiger partial charge in [0, 0.05) is 6.54 Å². The fraction of sp³-hybridized carbons (Fsp3) is 0.857. The maximum Gasteiger partial charge on any atom is 0.0725 e. The lowest BCUT2D eigenvalue weighted by Gasteiger charge is -2.06. The van der Waals surface area contributed by atoms with Crippen molar-refractivity contribution in [2.24, 2.45) is 5.92 Å². The lowest BCUT2D eigenvalue weighted by Crippen LogP contribution is -2.05. The Morgan fingerprint density at radius 2 is 2.00 bits per heavy atom. The molecule has 0 spiro atoms. The van der Waals surface area contributed by atoms with Crippen LogP contribution in [0.15, 0.2) is 6.20 Å². The third-order valence-electron chi connectivity index (χ3n) is 3.19. The number of unbranched alkanes of at least 4 members (excludes halogenated alkanes) is 3. The topological polar surface area (TPSA) is 30.7 Å². The number of hydrogen-bond acceptors (Lipinski definition) is 3. The summed E-state index contributed by atoms with van der Waals surface area (Å²) in [5, 5.41) is 8.18. The lowest BCUT2D eigenvalue weighted by atomic mass is 10.0. The molecule has 104 valence electrons. The molecule has 0 amide bonds. The normalized spacial score (nSPS) is 11.3. The number of aromatic nitrogens is 3. The largest absolute Gasteiger partial charge is 0.249 e. The second-order valence-corrected chi connectivity index (χ2v) is 5.82. The van der Waals surface area contributed by atoms with E-state index in [4.69, 9.17) is 0 Å². The Kier molecular flexibility index (Phi) is 8.14. The summed E-state index contributed by atoms with van der Waals surface area (Å²) in [5.74, 6) is 1.79. The molecule has 0 fully saturated rings. The van der Waals surface area contributed by atoms with E-state index in [1.165, 1.54) is 31.4 Å². The number of aryl methyl sites for hydroxylation is 2. The minimum atomic E-state index is 0.832. The Balaban J connectivity index is 2.19. The Morgan fingerprint density at radius 3 is 2.72 bits per heavy atom. The summed E-state index contributed by atoms with van der Waals surface area (Å²) in [6.45, 7) is 5.57. The Hall–Kier alpha value is -0.510. The highest BCUT2D eigenvalue weighted by Crippen LogP contribution is 2.11. The minimum absolute atomic E-state index is 0.832. The van der Waals surface area contributed by atoms with Crippen molar-refractivity contribution in [3.8, 4) is 0 Å². The molecule has 1 aromatic rings. The van der Waals surface area contributed by atoms with Crippen LogP contribution in [-0.4, -0.2) is 20.7 Å². The predicted octanol–water partition coefficient (Wildman–Crippen LogP) is 3.75. The maximum absolute atomic E-state index is 4.23. The SMILES string of the molecule is CC(C)CCCCCc1cnnn1CCCCS. The quantitative estimate of drug-likeness (QED) is 0.518. The van der Waals surface area contributed by atoms with Crippen LogP contribution < -0.4 is 0 Å². The molecule has 0 aromatic carbocycles. The highest BCUT2D eigenvalue weighted by atomic mass is 32.1. The third kappa shape index (κ3) is 6.43. The summed E-state index contributed by atoms with van der Waals surface area (Å²) in [5.41, 5.74) is 1.29. The minimum Gasteiger partial charge on any atom is -0.249 e. The first-order chi connectivity index (χ1) is 8.74. The number of thiol groups is 1. The summed E-state index contributed by atoms with van der Waals surface area (Å²) < 4.78 is 2.06. The molecule has 0 unspecified atom stereocenters. The van der Waals surface area contributed by atoms with Crippen molar-refractivity contribution in [3.63, 3.8) is 0 Å². The molecule has 0 N–H and O–H groups in total. The molecule has 1 rings (SSSR count). The molecule has 1 aromatic heterocycles. The van der Waals surface area contributed by atoms with Crippen LogP contribution in [0.2, 0.25) is 0 Å². The molecule has 0 radical (unpaired) electrons. The first-order valence-corrected chi connectivity index (χ1v) is 7.85. The predicted molar refractivity (Wildman–Crippen MR) is 80.1 cm³/mol. The molecule has 18 heavy (non-hydrogen) atoms. The zero-order valence-corrected chi connectivity index (χ0v) is 12.7. The first kappa shape index (κ1) is 15.5. The van der Waals surface area contributed by atoms with Crippen molar-refractivity contribution in [3.05, 3.63) is 11.9 Å². The van der Waals surface area contributed by atoms with Gasteiger partial charge in [-0.3, -0.25) is 0 Å². The van der Waals surface area contributed by atoms with E-state index in [1.54, 1.807) is 0 Å². The lowest BCUT2D eigenvalue weighted by molar-refractivity contribution is 0.507. The first-order valence-electron chi connectivity index (χ1n) is 7.22. The van der Waals surface area contributed by atoms with Crippen LogP contribution in [-0.2, 0) is 13.0 Å². The smallest absolute Gasteiger partial charge is 0.0725 e. The van der Waals surface area contributed by atoms with Gasteiger partial charge in [0.2, 0.25) is 0 Å². The van der Waals surface area contributed by atoms with Crippen molar-refractivity contribution < 1.29 is 0 Å². The summed E-state index contributed by atoms with van der Waals surface area (Å²) in [6, 6.07) is 0. The van der Waals surface area contributed by atoms with Gasteiger partial charge in [0.25, 0.3) is 0 Å². The zero-order valence-electron chi connectivity index (χ0n) is 11.8. The number of hydrogen-bond donors (Lipinski definition) is 1. The average molecular weight is 269 g/mol. The van der Waals surface area contributed by atoms with Gasteiger partial charge in [0.1, 0.15) is 0 Å². The van der Waals surface area contributed by atoms with E-state index in [2.05, 4.69) is 41.5 Å². The van der Waals surface area contributed by atoms with Crippen LogP contribution in [0.25, 0.3) is 0 Å². The van der Waals surface area contributed by atoms with Crippen LogP contribution in [0.1, 0.15) is 58.1 Å². The highest BCUT2D eigenvalue weighted by molar-refractivity contribution is 7.80. The second-order valence-electron chi connectivity index (χ2n) is 5.37. The van der Waals surface area contributed by atoms with Crippen LogP contribution in [0, 0.1) is 5.92 Å². The summed E-state index contributed by atoms with van der Waals surface area (Å²) in [7, 11) is 0. The molecule has 0 saturated heterocycles. The Morgan fingerprint density at radius 1 is 1.17 bits per heavy atom. The zero-order chi connectivity index (χ0) is 13.2. The van der Waals surface area contributed by atoms with Gasteiger partial charge in [-0.05, 0) is 37.4 Å². The van der Waals surface area contributed by atoms with Crippen molar-refractivity contribution in [2.45, 2.75) is 65.3 Å². The molecule has 1 heterocycles. The van der Waals surface area contributed by atoms with E-state index >= 15 is 0 Å². The third-order valence-corrected chi connectivity index (χ3v) is 3.51.